The minimum Gasteiger partial charge on any atom is -0.277 e. The van der Waals surface area contributed by atoms with Crippen molar-refractivity contribution in [1.29, 1.82) is 0 Å². The fraction of sp³-hybridized carbons (Fsp3) is 0.300. The van der Waals surface area contributed by atoms with E-state index in [1.807, 2.05) is 0 Å². The van der Waals surface area contributed by atoms with Crippen LogP contribution in [0.4, 0.5) is 8.78 Å². The molecule has 0 atom stereocenters. The Morgan fingerprint density at radius 3 is 2.73 bits per heavy atom. The van der Waals surface area contributed by atoms with E-state index in [2.05, 4.69) is 10.3 Å². The molecule has 0 aliphatic carbocycles. The van der Waals surface area contributed by atoms with Gasteiger partial charge in [0.1, 0.15) is 0 Å². The zero-order chi connectivity index (χ0) is 11.3. The molecule has 1 aromatic rings. The van der Waals surface area contributed by atoms with Crippen LogP contribution in [-0.4, -0.2) is 13.0 Å². The molecule has 3 nitrogen and oxygen atoms in total. The predicted molar refractivity (Wildman–Crippen MR) is 49.8 cm³/mol. The quantitative estimate of drug-likeness (QED) is 0.774. The van der Waals surface area contributed by atoms with Crippen molar-refractivity contribution in [2.45, 2.75) is 12.8 Å². The molecule has 0 unspecified atom stereocenters. The number of halogens is 2. The summed E-state index contributed by atoms with van der Waals surface area (Å²) in [5.74, 6) is -2.10. The molecule has 0 aliphatic heterocycles. The molecule has 0 aromatic heterocycles. The highest BCUT2D eigenvalue weighted by molar-refractivity contribution is 5.74. The lowest BCUT2D eigenvalue weighted by Gasteiger charge is -2.02. The van der Waals surface area contributed by atoms with E-state index in [4.69, 9.17) is 0 Å². The number of rotatable bonds is 4. The van der Waals surface area contributed by atoms with E-state index in [1.54, 1.807) is 0 Å². The molecule has 0 saturated carbocycles. The van der Waals surface area contributed by atoms with Crippen LogP contribution in [-0.2, 0) is 16.1 Å². The highest BCUT2D eigenvalue weighted by Gasteiger charge is 2.05. The molecule has 1 N–H and O–H groups in total. The van der Waals surface area contributed by atoms with E-state index in [9.17, 15) is 13.6 Å². The molecule has 0 spiro atoms. The summed E-state index contributed by atoms with van der Waals surface area (Å²) in [4.78, 5) is 15.4. The van der Waals surface area contributed by atoms with Gasteiger partial charge in [0.2, 0.25) is 5.91 Å². The Morgan fingerprint density at radius 1 is 1.40 bits per heavy atom. The minimum atomic E-state index is -0.903. The number of hydrogen-bond acceptors (Lipinski definition) is 2. The Bertz CT molecular complexity index is 355. The summed E-state index contributed by atoms with van der Waals surface area (Å²) in [6, 6.07) is 3.56. The average Bonchev–Trinajstić information content (AvgIpc) is 2.20. The molecule has 1 amide bonds. The van der Waals surface area contributed by atoms with E-state index < -0.39 is 11.6 Å². The van der Waals surface area contributed by atoms with Gasteiger partial charge in [0.25, 0.3) is 0 Å². The maximum atomic E-state index is 12.8. The summed E-state index contributed by atoms with van der Waals surface area (Å²) in [7, 11) is 1.33. The standard InChI is InChI=1S/C10H11F2NO2/c1-15-13-10(14)5-3-7-2-4-8(11)9(12)6-7/h2,4,6H,3,5H2,1H3,(H,13,14). The molecule has 0 saturated heterocycles. The van der Waals surface area contributed by atoms with Crippen LogP contribution in [0.15, 0.2) is 18.2 Å². The molecule has 0 radical (unpaired) electrons. The predicted octanol–water partition coefficient (Wildman–Crippen LogP) is 1.57. The van der Waals surface area contributed by atoms with Crippen LogP contribution in [0.3, 0.4) is 0 Å². The maximum Gasteiger partial charge on any atom is 0.243 e. The molecule has 0 aliphatic rings. The van der Waals surface area contributed by atoms with E-state index in [1.165, 1.54) is 13.2 Å². The largest absolute Gasteiger partial charge is 0.277 e. The first-order valence-corrected chi connectivity index (χ1v) is 4.39. The summed E-state index contributed by atoms with van der Waals surface area (Å²) in [5.41, 5.74) is 2.70. The van der Waals surface area contributed by atoms with Crippen LogP contribution in [0.2, 0.25) is 0 Å². The van der Waals surface area contributed by atoms with Crippen LogP contribution in [0.25, 0.3) is 0 Å². The first-order chi connectivity index (χ1) is 7.13. The molecular formula is C10H11F2NO2. The summed E-state index contributed by atoms with van der Waals surface area (Å²) in [6.45, 7) is 0. The maximum absolute atomic E-state index is 12.8. The second-order valence-corrected chi connectivity index (χ2v) is 2.98. The lowest BCUT2D eigenvalue weighted by atomic mass is 10.1. The lowest BCUT2D eigenvalue weighted by molar-refractivity contribution is -0.131. The number of hydroxylamine groups is 1. The first-order valence-electron chi connectivity index (χ1n) is 4.39. The number of carbonyl (C=O) groups excluding carboxylic acids is 1. The van der Waals surface area contributed by atoms with Crippen LogP contribution >= 0.6 is 0 Å². The lowest BCUT2D eigenvalue weighted by Crippen LogP contribution is -2.21. The zero-order valence-corrected chi connectivity index (χ0v) is 8.22. The average molecular weight is 215 g/mol. The molecule has 0 heterocycles. The normalized spacial score (nSPS) is 10.1. The van der Waals surface area contributed by atoms with Gasteiger partial charge in [-0.25, -0.2) is 14.3 Å². The minimum absolute atomic E-state index is 0.166. The van der Waals surface area contributed by atoms with Crippen molar-refractivity contribution >= 4 is 5.91 Å². The highest BCUT2D eigenvalue weighted by Crippen LogP contribution is 2.10. The van der Waals surface area contributed by atoms with Gasteiger partial charge in [-0.2, -0.15) is 0 Å². The number of carbonyl (C=O) groups is 1. The van der Waals surface area contributed by atoms with Crippen molar-refractivity contribution in [2.75, 3.05) is 7.11 Å². The van der Waals surface area contributed by atoms with E-state index in [0.717, 1.165) is 12.1 Å². The smallest absolute Gasteiger partial charge is 0.243 e. The molecular weight excluding hydrogens is 204 g/mol. The molecule has 5 heteroatoms. The van der Waals surface area contributed by atoms with Gasteiger partial charge in [0.05, 0.1) is 7.11 Å². The van der Waals surface area contributed by atoms with Gasteiger partial charge in [-0.3, -0.25) is 9.63 Å². The van der Waals surface area contributed by atoms with Crippen molar-refractivity contribution in [2.24, 2.45) is 0 Å². The Hall–Kier alpha value is -1.49. The van der Waals surface area contributed by atoms with E-state index in [-0.39, 0.29) is 12.3 Å². The van der Waals surface area contributed by atoms with Crippen LogP contribution in [0, 0.1) is 11.6 Å². The van der Waals surface area contributed by atoms with Gasteiger partial charge in [-0.15, -0.1) is 0 Å². The number of aryl methyl sites for hydroxylation is 1. The number of benzene rings is 1. The zero-order valence-electron chi connectivity index (χ0n) is 8.22. The second kappa shape index (κ2) is 5.41. The van der Waals surface area contributed by atoms with Crippen molar-refractivity contribution < 1.29 is 18.4 Å². The second-order valence-electron chi connectivity index (χ2n) is 2.98. The fourth-order valence-corrected chi connectivity index (χ4v) is 1.12. The van der Waals surface area contributed by atoms with Gasteiger partial charge in [-0.1, -0.05) is 6.07 Å². The van der Waals surface area contributed by atoms with E-state index in [0.29, 0.717) is 12.0 Å². The van der Waals surface area contributed by atoms with Crippen LogP contribution < -0.4 is 5.48 Å². The molecule has 82 valence electrons. The molecule has 1 rings (SSSR count). The third kappa shape index (κ3) is 3.63. The Kier molecular flexibility index (Phi) is 4.17. The van der Waals surface area contributed by atoms with Crippen molar-refractivity contribution in [3.05, 3.63) is 35.4 Å². The molecule has 15 heavy (non-hydrogen) atoms. The summed E-state index contributed by atoms with van der Waals surface area (Å²) < 4.78 is 25.3. The van der Waals surface area contributed by atoms with Gasteiger partial charge in [-0.05, 0) is 24.1 Å². The monoisotopic (exact) mass is 215 g/mol. The molecule has 0 bridgehead atoms. The fourth-order valence-electron chi connectivity index (χ4n) is 1.12. The van der Waals surface area contributed by atoms with Crippen molar-refractivity contribution in [3.8, 4) is 0 Å². The molecule has 1 aromatic carbocycles. The third-order valence-corrected chi connectivity index (χ3v) is 1.84. The summed E-state index contributed by atoms with van der Waals surface area (Å²) >= 11 is 0. The number of nitrogens with one attached hydrogen (secondary N) is 1. The highest BCUT2D eigenvalue weighted by atomic mass is 19.2. The topological polar surface area (TPSA) is 38.3 Å². The Morgan fingerprint density at radius 2 is 2.13 bits per heavy atom. The Balaban J connectivity index is 2.51. The van der Waals surface area contributed by atoms with Crippen molar-refractivity contribution in [3.63, 3.8) is 0 Å². The Labute approximate surface area is 86.0 Å². The number of hydrogen-bond donors (Lipinski definition) is 1. The third-order valence-electron chi connectivity index (χ3n) is 1.84. The van der Waals surface area contributed by atoms with Gasteiger partial charge < -0.3 is 0 Å². The van der Waals surface area contributed by atoms with Crippen LogP contribution in [0.5, 0.6) is 0 Å². The van der Waals surface area contributed by atoms with E-state index >= 15 is 0 Å². The van der Waals surface area contributed by atoms with Gasteiger partial charge in [0.15, 0.2) is 11.6 Å². The SMILES string of the molecule is CONC(=O)CCc1ccc(F)c(F)c1. The van der Waals surface area contributed by atoms with Gasteiger partial charge in [0, 0.05) is 6.42 Å². The first kappa shape index (κ1) is 11.6. The summed E-state index contributed by atoms with van der Waals surface area (Å²) in [5, 5.41) is 0. The number of amides is 1. The molecule has 0 fully saturated rings. The van der Waals surface area contributed by atoms with Crippen LogP contribution in [0.1, 0.15) is 12.0 Å². The van der Waals surface area contributed by atoms with Crippen molar-refractivity contribution in [1.82, 2.24) is 5.48 Å². The summed E-state index contributed by atoms with van der Waals surface area (Å²) in [6.07, 6.45) is 0.505. The van der Waals surface area contributed by atoms with Gasteiger partial charge >= 0.3 is 0 Å².